The second-order valence-electron chi connectivity index (χ2n) is 4.06. The van der Waals surface area contributed by atoms with Crippen LogP contribution >= 0.6 is 11.8 Å². The molecule has 0 bridgehead atoms. The summed E-state index contributed by atoms with van der Waals surface area (Å²) in [5.74, 6) is 1.03. The minimum Gasteiger partial charge on any atom is -0.481 e. The molecule has 0 fully saturated rings. The Morgan fingerprint density at radius 2 is 2.00 bits per heavy atom. The largest absolute Gasteiger partial charge is 0.481 e. The Morgan fingerprint density at radius 3 is 2.57 bits per heavy atom. The number of aliphatic carboxylic acids is 1. The fraction of sp³-hybridized carbons (Fsp3) is 0.545. The molecule has 0 aliphatic carbocycles. The van der Waals surface area contributed by atoms with Crippen molar-refractivity contribution >= 4 is 17.7 Å². The van der Waals surface area contributed by atoms with Crippen molar-refractivity contribution in [3.63, 3.8) is 0 Å². The van der Waals surface area contributed by atoms with E-state index in [1.54, 1.807) is 24.4 Å². The van der Waals surface area contributed by atoms with Gasteiger partial charge in [0, 0.05) is 26.3 Å². The van der Waals surface area contributed by atoms with Gasteiger partial charge in [-0.1, -0.05) is 11.8 Å². The van der Waals surface area contributed by atoms with Crippen molar-refractivity contribution in [3.8, 4) is 0 Å². The molecule has 116 valence electrons. The second-order valence-corrected chi connectivity index (χ2v) is 5.12. The summed E-state index contributed by atoms with van der Waals surface area (Å²) >= 11 is 1.68. The average Bonchev–Trinajstić information content (AvgIpc) is 3.03. The van der Waals surface area contributed by atoms with Crippen molar-refractivity contribution in [1.29, 1.82) is 0 Å². The Morgan fingerprint density at radius 1 is 1.38 bits per heavy atom. The van der Waals surface area contributed by atoms with E-state index in [2.05, 4.69) is 25.7 Å². The van der Waals surface area contributed by atoms with E-state index in [0.717, 1.165) is 36.7 Å². The molecule has 0 spiro atoms. The van der Waals surface area contributed by atoms with Crippen molar-refractivity contribution in [2.75, 3.05) is 12.8 Å². The molecule has 2 aromatic heterocycles. The van der Waals surface area contributed by atoms with Gasteiger partial charge in [-0.05, 0) is 7.05 Å². The number of nitrogens with zero attached hydrogens (tertiary/aromatic N) is 6. The number of carboxylic acids is 1. The summed E-state index contributed by atoms with van der Waals surface area (Å²) < 4.78 is 3.95. The van der Waals surface area contributed by atoms with E-state index in [9.17, 15) is 0 Å². The lowest BCUT2D eigenvalue weighted by molar-refractivity contribution is -0.134. The van der Waals surface area contributed by atoms with Gasteiger partial charge in [0.1, 0.15) is 18.5 Å². The minimum atomic E-state index is -0.833. The van der Waals surface area contributed by atoms with Crippen molar-refractivity contribution in [1.82, 2.24) is 34.8 Å². The van der Waals surface area contributed by atoms with Crippen LogP contribution in [-0.4, -0.2) is 53.4 Å². The van der Waals surface area contributed by atoms with Crippen LogP contribution in [0.15, 0.2) is 17.8 Å². The lowest BCUT2D eigenvalue weighted by Gasteiger charge is -2.03. The van der Waals surface area contributed by atoms with Gasteiger partial charge in [0.2, 0.25) is 0 Å². The van der Waals surface area contributed by atoms with Gasteiger partial charge in [-0.15, -0.1) is 20.4 Å². The van der Waals surface area contributed by atoms with E-state index in [0.29, 0.717) is 0 Å². The molecule has 0 aromatic carbocycles. The van der Waals surface area contributed by atoms with Gasteiger partial charge in [0.25, 0.3) is 5.97 Å². The van der Waals surface area contributed by atoms with Crippen molar-refractivity contribution in [2.24, 2.45) is 7.05 Å². The Hall–Kier alpha value is -1.94. The lowest BCUT2D eigenvalue weighted by Crippen LogP contribution is -2.10. The van der Waals surface area contributed by atoms with E-state index in [1.807, 2.05) is 23.2 Å². The molecular formula is C11H19N7O2S. The first kappa shape index (κ1) is 17.1. The summed E-state index contributed by atoms with van der Waals surface area (Å²) in [5, 5.41) is 27.2. The van der Waals surface area contributed by atoms with Crippen LogP contribution in [0.2, 0.25) is 0 Å². The number of hydrogen-bond acceptors (Lipinski definition) is 7. The molecule has 0 aliphatic rings. The van der Waals surface area contributed by atoms with Gasteiger partial charge < -0.3 is 19.6 Å². The fourth-order valence-electron chi connectivity index (χ4n) is 1.36. The molecular weight excluding hydrogens is 294 g/mol. The summed E-state index contributed by atoms with van der Waals surface area (Å²) in [6.45, 7) is 2.68. The number of hydrogen-bond donors (Lipinski definition) is 2. The SMILES string of the molecule is CC(=O)O.CNCc1nnc(SCCn2cnnc2)n1C. The standard InChI is InChI=1S/C9H15N7S.C2H4O2/c1-10-5-8-13-14-9(15(8)2)17-4-3-16-6-11-12-7-16;1-2(3)4/h6-7,10H,3-5H2,1-2H3;1H3,(H,3,4). The molecule has 0 atom stereocenters. The topological polar surface area (TPSA) is 111 Å². The Kier molecular flexibility index (Phi) is 7.40. The maximum absolute atomic E-state index is 9.00. The maximum atomic E-state index is 9.00. The Labute approximate surface area is 126 Å². The third-order valence-corrected chi connectivity index (χ3v) is 3.31. The van der Waals surface area contributed by atoms with Gasteiger partial charge in [-0.25, -0.2) is 0 Å². The maximum Gasteiger partial charge on any atom is 0.300 e. The molecule has 2 N–H and O–H groups in total. The molecule has 0 saturated heterocycles. The molecule has 0 radical (unpaired) electrons. The third-order valence-electron chi connectivity index (χ3n) is 2.31. The van der Waals surface area contributed by atoms with Crippen LogP contribution in [0.25, 0.3) is 0 Å². The minimum absolute atomic E-state index is 0.732. The summed E-state index contributed by atoms with van der Waals surface area (Å²) in [6, 6.07) is 0. The normalized spacial score (nSPS) is 10.0. The number of thioether (sulfide) groups is 1. The highest BCUT2D eigenvalue weighted by molar-refractivity contribution is 7.99. The van der Waals surface area contributed by atoms with Crippen molar-refractivity contribution in [3.05, 3.63) is 18.5 Å². The van der Waals surface area contributed by atoms with Crippen LogP contribution in [0, 0.1) is 0 Å². The molecule has 0 amide bonds. The predicted molar refractivity (Wildman–Crippen MR) is 77.8 cm³/mol. The molecule has 2 rings (SSSR count). The number of carboxylic acid groups (broad SMARTS) is 1. The first-order valence-electron chi connectivity index (χ1n) is 6.22. The van der Waals surface area contributed by atoms with Crippen LogP contribution < -0.4 is 5.32 Å². The Bertz CT molecular complexity index is 537. The van der Waals surface area contributed by atoms with E-state index in [4.69, 9.17) is 9.90 Å². The fourth-order valence-corrected chi connectivity index (χ4v) is 2.24. The number of rotatable bonds is 6. The summed E-state index contributed by atoms with van der Waals surface area (Å²) in [4.78, 5) is 9.00. The van der Waals surface area contributed by atoms with Gasteiger partial charge >= 0.3 is 0 Å². The van der Waals surface area contributed by atoms with Crippen molar-refractivity contribution < 1.29 is 9.90 Å². The highest BCUT2D eigenvalue weighted by Crippen LogP contribution is 2.15. The zero-order chi connectivity index (χ0) is 15.7. The van der Waals surface area contributed by atoms with Gasteiger partial charge in [-0.3, -0.25) is 4.79 Å². The monoisotopic (exact) mass is 313 g/mol. The van der Waals surface area contributed by atoms with Crippen LogP contribution in [0.1, 0.15) is 12.7 Å². The van der Waals surface area contributed by atoms with Gasteiger partial charge in [-0.2, -0.15) is 0 Å². The molecule has 0 saturated carbocycles. The predicted octanol–water partition coefficient (Wildman–Crippen LogP) is 0.00920. The summed E-state index contributed by atoms with van der Waals surface area (Å²) in [7, 11) is 3.88. The molecule has 10 heteroatoms. The molecule has 2 aromatic rings. The zero-order valence-electron chi connectivity index (χ0n) is 12.2. The average molecular weight is 313 g/mol. The number of nitrogens with one attached hydrogen (secondary N) is 1. The van der Waals surface area contributed by atoms with E-state index < -0.39 is 5.97 Å². The second kappa shape index (κ2) is 9.08. The van der Waals surface area contributed by atoms with Crippen LogP contribution in [-0.2, 0) is 24.9 Å². The smallest absolute Gasteiger partial charge is 0.300 e. The number of aromatic nitrogens is 6. The lowest BCUT2D eigenvalue weighted by atomic mass is 10.6. The molecule has 9 nitrogen and oxygen atoms in total. The van der Waals surface area contributed by atoms with Gasteiger partial charge in [0.15, 0.2) is 5.16 Å². The first-order valence-corrected chi connectivity index (χ1v) is 7.20. The number of aryl methyl sites for hydroxylation is 1. The molecule has 0 unspecified atom stereocenters. The third kappa shape index (κ3) is 6.36. The van der Waals surface area contributed by atoms with Crippen LogP contribution in [0.3, 0.4) is 0 Å². The first-order chi connectivity index (χ1) is 10.0. The van der Waals surface area contributed by atoms with Gasteiger partial charge in [0.05, 0.1) is 6.54 Å². The highest BCUT2D eigenvalue weighted by atomic mass is 32.2. The Balaban J connectivity index is 0.000000491. The van der Waals surface area contributed by atoms with E-state index >= 15 is 0 Å². The van der Waals surface area contributed by atoms with E-state index in [-0.39, 0.29) is 0 Å². The van der Waals surface area contributed by atoms with Crippen molar-refractivity contribution in [2.45, 2.75) is 25.2 Å². The summed E-state index contributed by atoms with van der Waals surface area (Å²) in [5.41, 5.74) is 0. The molecule has 2 heterocycles. The highest BCUT2D eigenvalue weighted by Gasteiger charge is 2.07. The van der Waals surface area contributed by atoms with Crippen LogP contribution in [0.5, 0.6) is 0 Å². The molecule has 21 heavy (non-hydrogen) atoms. The van der Waals surface area contributed by atoms with Crippen LogP contribution in [0.4, 0.5) is 0 Å². The zero-order valence-corrected chi connectivity index (χ0v) is 13.0. The quantitative estimate of drug-likeness (QED) is 0.717. The molecule has 0 aliphatic heterocycles. The number of carbonyl (C=O) groups is 1. The summed E-state index contributed by atoms with van der Waals surface area (Å²) in [6.07, 6.45) is 3.42. The van der Waals surface area contributed by atoms with E-state index in [1.165, 1.54) is 0 Å².